The third-order valence-electron chi connectivity index (χ3n) is 6.96. The smallest absolute Gasteiger partial charge is 0.303 e. The van der Waals surface area contributed by atoms with Crippen molar-refractivity contribution in [1.29, 1.82) is 0 Å². The average molecular weight is 489 g/mol. The number of aliphatic hydroxyl groups is 1. The minimum Gasteiger partial charge on any atom is -0.497 e. The summed E-state index contributed by atoms with van der Waals surface area (Å²) in [5.41, 5.74) is 2.36. The number of carbonyl (C=O) groups is 1. The van der Waals surface area contributed by atoms with Gasteiger partial charge >= 0.3 is 5.97 Å². The van der Waals surface area contributed by atoms with E-state index in [1.807, 2.05) is 24.3 Å². The second-order valence-corrected chi connectivity index (χ2v) is 9.25. The molecule has 2 aromatic heterocycles. The van der Waals surface area contributed by atoms with Gasteiger partial charge in [-0.3, -0.25) is 14.7 Å². The van der Waals surface area contributed by atoms with Crippen LogP contribution < -0.4 is 4.74 Å². The van der Waals surface area contributed by atoms with Crippen LogP contribution in [-0.2, 0) is 4.79 Å². The number of aliphatic hydroxyl groups excluding tert-OH is 1. The Labute approximate surface area is 211 Å². The minimum atomic E-state index is -0.772. The van der Waals surface area contributed by atoms with Crippen molar-refractivity contribution in [2.45, 2.75) is 38.2 Å². The first-order valence-corrected chi connectivity index (χ1v) is 12.3. The van der Waals surface area contributed by atoms with Crippen LogP contribution in [0.3, 0.4) is 0 Å². The largest absolute Gasteiger partial charge is 0.497 e. The van der Waals surface area contributed by atoms with Crippen molar-refractivity contribution in [3.8, 4) is 17.6 Å². The number of pyridine rings is 1. The maximum atomic E-state index is 11.3. The van der Waals surface area contributed by atoms with Crippen molar-refractivity contribution in [1.82, 2.24) is 19.9 Å². The van der Waals surface area contributed by atoms with Gasteiger partial charge in [0.05, 0.1) is 25.3 Å². The molecule has 1 aliphatic rings. The molecule has 4 rings (SSSR count). The summed E-state index contributed by atoms with van der Waals surface area (Å²) >= 11 is 0. The average Bonchev–Trinajstić information content (AvgIpc) is 2.91. The van der Waals surface area contributed by atoms with Gasteiger partial charge in [0, 0.05) is 30.7 Å². The second-order valence-electron chi connectivity index (χ2n) is 9.25. The Balaban J connectivity index is 1.39. The zero-order chi connectivity index (χ0) is 25.3. The predicted molar refractivity (Wildman–Crippen MR) is 136 cm³/mol. The topological polar surface area (TPSA) is 109 Å². The molecular formula is C28H32N4O4. The Bertz CT molecular complexity index is 1220. The summed E-state index contributed by atoms with van der Waals surface area (Å²) in [6.07, 6.45) is 7.43. The molecule has 0 amide bonds. The molecule has 1 saturated heterocycles. The van der Waals surface area contributed by atoms with E-state index in [0.29, 0.717) is 31.0 Å². The number of nitrogens with zero attached hydrogens (tertiary/aromatic N) is 4. The molecule has 0 spiro atoms. The third kappa shape index (κ3) is 6.78. The number of hydrogen-bond donors (Lipinski definition) is 2. The second kappa shape index (κ2) is 12.4. The molecule has 1 unspecified atom stereocenters. The van der Waals surface area contributed by atoms with E-state index >= 15 is 0 Å². The van der Waals surface area contributed by atoms with E-state index in [1.165, 1.54) is 6.33 Å². The highest BCUT2D eigenvalue weighted by Gasteiger charge is 2.29. The molecule has 0 bridgehead atoms. The highest BCUT2D eigenvalue weighted by molar-refractivity contribution is 5.83. The van der Waals surface area contributed by atoms with Crippen LogP contribution in [0.5, 0.6) is 5.75 Å². The summed E-state index contributed by atoms with van der Waals surface area (Å²) in [6.45, 7) is 2.33. The molecule has 0 saturated carbocycles. The lowest BCUT2D eigenvalue weighted by Gasteiger charge is -2.38. The number of aromatic nitrogens is 3. The molecule has 1 aromatic carbocycles. The first-order chi connectivity index (χ1) is 17.5. The fourth-order valence-corrected chi connectivity index (χ4v) is 5.01. The molecule has 8 nitrogen and oxygen atoms in total. The molecule has 1 fully saturated rings. The first-order valence-electron chi connectivity index (χ1n) is 12.3. The third-order valence-corrected chi connectivity index (χ3v) is 6.96. The van der Waals surface area contributed by atoms with Gasteiger partial charge < -0.3 is 14.9 Å². The summed E-state index contributed by atoms with van der Waals surface area (Å²) < 4.78 is 5.36. The van der Waals surface area contributed by atoms with Crippen LogP contribution in [0, 0.1) is 23.7 Å². The number of fused-ring (bicyclic) bond motifs is 1. The van der Waals surface area contributed by atoms with Crippen LogP contribution in [0.15, 0.2) is 49.1 Å². The Morgan fingerprint density at radius 3 is 2.86 bits per heavy atom. The predicted octanol–water partition coefficient (Wildman–Crippen LogP) is 3.70. The molecule has 3 heterocycles. The van der Waals surface area contributed by atoms with Gasteiger partial charge in [0.1, 0.15) is 17.8 Å². The van der Waals surface area contributed by atoms with Crippen LogP contribution in [0.2, 0.25) is 0 Å². The Morgan fingerprint density at radius 1 is 1.19 bits per heavy atom. The van der Waals surface area contributed by atoms with E-state index < -0.39 is 12.1 Å². The summed E-state index contributed by atoms with van der Waals surface area (Å²) in [5.74, 6) is 6.81. The standard InChI is InChI=1S/C28H32N4O4/c1-36-23-6-7-26-25(17-23)24(11-14-30-26)27(33)8-4-20-12-16-32(18-21(20)5-9-28(34)35)15-2-3-22-10-13-29-19-31-22/h6-7,10-11,13-14,17,19-21,27,33H,4-5,8-9,12,15-16,18H2,1H3,(H,34,35)/t20-,21+,27?/m1/s1. The van der Waals surface area contributed by atoms with Gasteiger partial charge in [-0.05, 0) is 85.9 Å². The van der Waals surface area contributed by atoms with E-state index in [1.54, 1.807) is 25.6 Å². The zero-order valence-electron chi connectivity index (χ0n) is 20.5. The number of aliphatic carboxylic acids is 1. The van der Waals surface area contributed by atoms with Gasteiger partial charge in [0.2, 0.25) is 0 Å². The van der Waals surface area contributed by atoms with Crippen molar-refractivity contribution in [2.24, 2.45) is 11.8 Å². The van der Waals surface area contributed by atoms with Crippen molar-refractivity contribution in [2.75, 3.05) is 26.7 Å². The molecule has 3 aromatic rings. The van der Waals surface area contributed by atoms with Crippen LogP contribution in [0.25, 0.3) is 10.9 Å². The number of hydrogen-bond acceptors (Lipinski definition) is 7. The summed E-state index contributed by atoms with van der Waals surface area (Å²) in [4.78, 5) is 26.0. The summed E-state index contributed by atoms with van der Waals surface area (Å²) in [6, 6.07) is 9.33. The molecule has 8 heteroatoms. The number of piperidine rings is 1. The first kappa shape index (κ1) is 25.5. The number of rotatable bonds is 9. The monoisotopic (exact) mass is 488 g/mol. The van der Waals surface area contributed by atoms with Crippen LogP contribution in [-0.4, -0.2) is 62.8 Å². The molecule has 2 N–H and O–H groups in total. The highest BCUT2D eigenvalue weighted by atomic mass is 16.5. The van der Waals surface area contributed by atoms with E-state index in [4.69, 9.17) is 4.74 Å². The van der Waals surface area contributed by atoms with Gasteiger partial charge in [-0.2, -0.15) is 0 Å². The number of methoxy groups -OCH3 is 1. The van der Waals surface area contributed by atoms with Gasteiger partial charge in [-0.15, -0.1) is 0 Å². The van der Waals surface area contributed by atoms with Crippen LogP contribution in [0.1, 0.15) is 49.5 Å². The van der Waals surface area contributed by atoms with Crippen molar-refractivity contribution in [3.63, 3.8) is 0 Å². The van der Waals surface area contributed by atoms with Gasteiger partial charge in [0.25, 0.3) is 0 Å². The highest BCUT2D eigenvalue weighted by Crippen LogP contribution is 2.35. The molecule has 0 radical (unpaired) electrons. The molecule has 0 aliphatic carbocycles. The Hall–Kier alpha value is -3.54. The van der Waals surface area contributed by atoms with Gasteiger partial charge in [0.15, 0.2) is 0 Å². The van der Waals surface area contributed by atoms with Crippen LogP contribution >= 0.6 is 0 Å². The Morgan fingerprint density at radius 2 is 2.08 bits per heavy atom. The van der Waals surface area contributed by atoms with E-state index in [-0.39, 0.29) is 12.3 Å². The zero-order valence-corrected chi connectivity index (χ0v) is 20.5. The number of benzene rings is 1. The minimum absolute atomic E-state index is 0.152. The van der Waals surface area contributed by atoms with E-state index in [9.17, 15) is 15.0 Å². The molecule has 36 heavy (non-hydrogen) atoms. The Kier molecular flexibility index (Phi) is 8.82. The lowest BCUT2D eigenvalue weighted by molar-refractivity contribution is -0.137. The fraction of sp³-hybridized carbons (Fsp3) is 0.429. The lowest BCUT2D eigenvalue weighted by Crippen LogP contribution is -2.41. The van der Waals surface area contributed by atoms with Gasteiger partial charge in [-0.1, -0.05) is 5.92 Å². The summed E-state index contributed by atoms with van der Waals surface area (Å²) in [7, 11) is 1.62. The number of ether oxygens (including phenoxy) is 1. The number of carboxylic acid groups (broad SMARTS) is 1. The molecule has 188 valence electrons. The number of carboxylic acids is 1. The van der Waals surface area contributed by atoms with Crippen LogP contribution in [0.4, 0.5) is 0 Å². The fourth-order valence-electron chi connectivity index (χ4n) is 5.01. The quantitative estimate of drug-likeness (QED) is 0.439. The van der Waals surface area contributed by atoms with E-state index in [2.05, 4.69) is 31.7 Å². The molecule has 1 aliphatic heterocycles. The van der Waals surface area contributed by atoms with Crippen molar-refractivity contribution in [3.05, 3.63) is 60.3 Å². The summed E-state index contributed by atoms with van der Waals surface area (Å²) in [5, 5.41) is 21.3. The SMILES string of the molecule is COc1ccc2nccc(C(O)CC[C@@H]3CCN(CC#Cc4ccncn4)C[C@@H]3CCC(=O)O)c2c1. The number of likely N-dealkylation sites (tertiary alicyclic amines) is 1. The normalized spacial score (nSPS) is 18.8. The molecule has 3 atom stereocenters. The maximum absolute atomic E-state index is 11.3. The van der Waals surface area contributed by atoms with Crippen molar-refractivity contribution < 1.29 is 19.7 Å². The van der Waals surface area contributed by atoms with Gasteiger partial charge in [-0.25, -0.2) is 9.97 Å². The maximum Gasteiger partial charge on any atom is 0.303 e. The lowest BCUT2D eigenvalue weighted by atomic mass is 9.79. The van der Waals surface area contributed by atoms with Crippen molar-refractivity contribution >= 4 is 16.9 Å². The van der Waals surface area contributed by atoms with E-state index in [0.717, 1.165) is 48.1 Å². The molecular weight excluding hydrogens is 456 g/mol.